The van der Waals surface area contributed by atoms with E-state index in [-0.39, 0.29) is 11.2 Å². The van der Waals surface area contributed by atoms with Crippen LogP contribution in [0.3, 0.4) is 0 Å². The van der Waals surface area contributed by atoms with Gasteiger partial charge in [0.05, 0.1) is 15.8 Å². The van der Waals surface area contributed by atoms with Crippen LogP contribution in [0.25, 0.3) is 10.9 Å². The molecule has 0 aliphatic carbocycles. The highest BCUT2D eigenvalue weighted by atomic mass is 32.2. The second-order valence-electron chi connectivity index (χ2n) is 6.34. The van der Waals surface area contributed by atoms with Gasteiger partial charge in [0.2, 0.25) is 0 Å². The van der Waals surface area contributed by atoms with E-state index >= 15 is 0 Å². The zero-order valence-corrected chi connectivity index (χ0v) is 17.0. The summed E-state index contributed by atoms with van der Waals surface area (Å²) >= 11 is 6.97. The molecule has 1 aromatic heterocycles. The number of aromatic amines is 1. The molecule has 0 saturated heterocycles. The predicted molar refractivity (Wildman–Crippen MR) is 116 cm³/mol. The first-order valence-corrected chi connectivity index (χ1v) is 9.83. The van der Waals surface area contributed by atoms with Gasteiger partial charge in [-0.2, -0.15) is 0 Å². The molecule has 0 saturated carbocycles. The van der Waals surface area contributed by atoms with Crippen LogP contribution in [-0.2, 0) is 12.3 Å². The monoisotopic (exact) mass is 414 g/mol. The molecule has 1 N–H and O–H groups in total. The van der Waals surface area contributed by atoms with Crippen LogP contribution in [0.1, 0.15) is 17.0 Å². The number of fused-ring (bicyclic) bond motifs is 1. The van der Waals surface area contributed by atoms with Crippen molar-refractivity contribution < 1.29 is 4.92 Å². The predicted octanol–water partition coefficient (Wildman–Crippen LogP) is 3.79. The Bertz CT molecular complexity index is 1100. The van der Waals surface area contributed by atoms with E-state index in [4.69, 9.17) is 12.2 Å². The van der Waals surface area contributed by atoms with Gasteiger partial charge < -0.3 is 9.88 Å². The van der Waals surface area contributed by atoms with Crippen LogP contribution < -0.4 is 5.56 Å². The third-order valence-electron chi connectivity index (χ3n) is 4.13. The number of H-pyrrole nitrogens is 1. The molecule has 28 heavy (non-hydrogen) atoms. The highest BCUT2D eigenvalue weighted by Gasteiger charge is 2.10. The molecule has 7 nitrogen and oxygen atoms in total. The molecule has 0 aliphatic heterocycles. The molecule has 0 aliphatic rings. The molecule has 0 spiro atoms. The van der Waals surface area contributed by atoms with Gasteiger partial charge in [-0.1, -0.05) is 42.2 Å². The van der Waals surface area contributed by atoms with Crippen LogP contribution in [0.4, 0.5) is 5.69 Å². The summed E-state index contributed by atoms with van der Waals surface area (Å²) in [6, 6.07) is 12.1. The van der Waals surface area contributed by atoms with Gasteiger partial charge >= 0.3 is 0 Å². The maximum Gasteiger partial charge on any atom is 0.269 e. The number of thioether (sulfide) groups is 1. The lowest BCUT2D eigenvalue weighted by atomic mass is 10.1. The number of thiocarbonyl (C=S) groups is 1. The van der Waals surface area contributed by atoms with Crippen LogP contribution in [-0.4, -0.2) is 31.2 Å². The van der Waals surface area contributed by atoms with E-state index in [1.807, 2.05) is 30.1 Å². The number of hydrogen-bond donors (Lipinski definition) is 1. The Morgan fingerprint density at radius 2 is 1.93 bits per heavy atom. The average molecular weight is 415 g/mol. The van der Waals surface area contributed by atoms with Crippen molar-refractivity contribution in [2.75, 3.05) is 7.05 Å². The summed E-state index contributed by atoms with van der Waals surface area (Å²) in [7, 11) is 1.90. The molecule has 0 unspecified atom stereocenters. The minimum Gasteiger partial charge on any atom is -0.356 e. The molecule has 0 fully saturated rings. The molecular formula is C19H18N4O3S2. The number of nitrogens with one attached hydrogen (secondary N) is 1. The van der Waals surface area contributed by atoms with Gasteiger partial charge in [0.1, 0.15) is 10.1 Å². The Hall–Kier alpha value is -2.78. The van der Waals surface area contributed by atoms with Gasteiger partial charge in [0, 0.05) is 31.5 Å². The Morgan fingerprint density at radius 3 is 2.61 bits per heavy atom. The molecule has 0 atom stereocenters. The van der Waals surface area contributed by atoms with Crippen molar-refractivity contribution in [3.63, 3.8) is 0 Å². The number of benzene rings is 2. The summed E-state index contributed by atoms with van der Waals surface area (Å²) < 4.78 is 0.703. The minimum atomic E-state index is -0.416. The highest BCUT2D eigenvalue weighted by molar-refractivity contribution is 8.22. The van der Waals surface area contributed by atoms with Crippen LogP contribution in [0.15, 0.2) is 47.3 Å². The quantitative estimate of drug-likeness (QED) is 0.386. The van der Waals surface area contributed by atoms with E-state index in [0.29, 0.717) is 33.3 Å². The van der Waals surface area contributed by atoms with Crippen molar-refractivity contribution >= 4 is 44.9 Å². The second-order valence-corrected chi connectivity index (χ2v) is 7.95. The van der Waals surface area contributed by atoms with Gasteiger partial charge in [-0.15, -0.1) is 0 Å². The first-order valence-electron chi connectivity index (χ1n) is 8.44. The smallest absolute Gasteiger partial charge is 0.269 e. The first-order chi connectivity index (χ1) is 13.3. The maximum absolute atomic E-state index is 12.1. The molecular weight excluding hydrogens is 396 g/mol. The van der Waals surface area contributed by atoms with Crippen LogP contribution in [0.5, 0.6) is 0 Å². The Morgan fingerprint density at radius 1 is 1.25 bits per heavy atom. The molecule has 3 rings (SSSR count). The van der Waals surface area contributed by atoms with Gasteiger partial charge in [-0.05, 0) is 30.2 Å². The number of aromatic nitrogens is 2. The molecule has 0 amide bonds. The summed E-state index contributed by atoms with van der Waals surface area (Å²) in [5.74, 6) is 1.22. The minimum absolute atomic E-state index is 0.0735. The van der Waals surface area contributed by atoms with E-state index in [1.165, 1.54) is 23.9 Å². The van der Waals surface area contributed by atoms with Crippen molar-refractivity contribution in [1.29, 1.82) is 0 Å². The fourth-order valence-electron chi connectivity index (χ4n) is 2.71. The van der Waals surface area contributed by atoms with E-state index in [0.717, 1.165) is 11.1 Å². The summed E-state index contributed by atoms with van der Waals surface area (Å²) in [5, 5.41) is 11.3. The van der Waals surface area contributed by atoms with Gasteiger partial charge in [-0.3, -0.25) is 14.9 Å². The lowest BCUT2D eigenvalue weighted by Gasteiger charge is -2.19. The first kappa shape index (κ1) is 20.0. The third-order valence-corrected chi connectivity index (χ3v) is 5.83. The van der Waals surface area contributed by atoms with E-state index in [9.17, 15) is 14.9 Å². The maximum atomic E-state index is 12.1. The Kier molecular flexibility index (Phi) is 6.05. The zero-order chi connectivity index (χ0) is 20.3. The number of hydrogen-bond acceptors (Lipinski definition) is 6. The van der Waals surface area contributed by atoms with Crippen molar-refractivity contribution in [1.82, 2.24) is 14.9 Å². The average Bonchev–Trinajstić information content (AvgIpc) is 2.66. The lowest BCUT2D eigenvalue weighted by Crippen LogP contribution is -2.22. The van der Waals surface area contributed by atoms with Crippen molar-refractivity contribution in [2.24, 2.45) is 0 Å². The summed E-state index contributed by atoms with van der Waals surface area (Å²) in [4.78, 5) is 31.4. The van der Waals surface area contributed by atoms with Gasteiger partial charge in [0.15, 0.2) is 0 Å². The number of rotatable bonds is 5. The molecule has 3 aromatic rings. The molecule has 9 heteroatoms. The van der Waals surface area contributed by atoms with Gasteiger partial charge in [0.25, 0.3) is 11.2 Å². The lowest BCUT2D eigenvalue weighted by molar-refractivity contribution is -0.384. The molecule has 144 valence electrons. The molecule has 1 heterocycles. The second kappa shape index (κ2) is 8.49. The Labute approximate surface area is 170 Å². The summed E-state index contributed by atoms with van der Waals surface area (Å²) in [5.41, 5.74) is 2.52. The normalized spacial score (nSPS) is 10.8. The summed E-state index contributed by atoms with van der Waals surface area (Å²) in [6.45, 7) is 2.32. The fraction of sp³-hybridized carbons (Fsp3) is 0.211. The van der Waals surface area contributed by atoms with Gasteiger partial charge in [-0.25, -0.2) is 4.98 Å². The number of nitrogens with zero attached hydrogens (tertiary/aromatic N) is 3. The van der Waals surface area contributed by atoms with Crippen LogP contribution >= 0.6 is 24.0 Å². The van der Waals surface area contributed by atoms with E-state index < -0.39 is 4.92 Å². The van der Waals surface area contributed by atoms with E-state index in [1.54, 1.807) is 19.1 Å². The van der Waals surface area contributed by atoms with Crippen molar-refractivity contribution in [2.45, 2.75) is 19.2 Å². The fourth-order valence-corrected chi connectivity index (χ4v) is 3.72. The number of nitro benzene ring substituents is 1. The molecule has 0 bridgehead atoms. The van der Waals surface area contributed by atoms with Crippen LogP contribution in [0.2, 0.25) is 0 Å². The standard InChI is InChI=1S/C19H18N4O3S2/c1-12-20-17-8-5-14(9-16(17)18(24)21-12)10-22(2)19(27)28-11-13-3-6-15(7-4-13)23(25)26/h3-9H,10-11H2,1-2H3,(H,20,21,24). The number of non-ortho nitro benzene ring substituents is 1. The third kappa shape index (κ3) is 4.73. The van der Waals surface area contributed by atoms with Crippen LogP contribution in [0, 0.1) is 17.0 Å². The van der Waals surface area contributed by atoms with Crippen molar-refractivity contribution in [3.8, 4) is 0 Å². The highest BCUT2D eigenvalue weighted by Crippen LogP contribution is 2.20. The summed E-state index contributed by atoms with van der Waals surface area (Å²) in [6.07, 6.45) is 0. The number of aryl methyl sites for hydroxylation is 1. The largest absolute Gasteiger partial charge is 0.356 e. The van der Waals surface area contributed by atoms with E-state index in [2.05, 4.69) is 9.97 Å². The topological polar surface area (TPSA) is 92.1 Å². The molecule has 0 radical (unpaired) electrons. The Balaban J connectivity index is 1.63. The SMILES string of the molecule is Cc1nc2ccc(CN(C)C(=S)SCc3ccc([N+](=O)[O-])cc3)cc2c(=O)[nH]1. The van der Waals surface area contributed by atoms with Crippen molar-refractivity contribution in [3.05, 3.63) is 79.9 Å². The number of nitro groups is 1. The molecule has 2 aromatic carbocycles. The zero-order valence-electron chi connectivity index (χ0n) is 15.3.